The molecule has 0 saturated heterocycles. The average Bonchev–Trinajstić information content (AvgIpc) is 2.34. The van der Waals surface area contributed by atoms with Crippen LogP contribution in [0.4, 0.5) is 10.2 Å². The van der Waals surface area contributed by atoms with E-state index in [4.69, 9.17) is 5.73 Å². The lowest BCUT2D eigenvalue weighted by Crippen LogP contribution is -2.18. The Morgan fingerprint density at radius 3 is 2.40 bits per heavy atom. The van der Waals surface area contributed by atoms with Crippen molar-refractivity contribution < 1.29 is 4.39 Å². The van der Waals surface area contributed by atoms with Crippen molar-refractivity contribution in [2.75, 3.05) is 5.73 Å². The van der Waals surface area contributed by atoms with Crippen LogP contribution in [0.3, 0.4) is 0 Å². The van der Waals surface area contributed by atoms with Gasteiger partial charge in [0.25, 0.3) is 0 Å². The number of halogens is 2. The smallest absolute Gasteiger partial charge is 0.161 e. The fourth-order valence-corrected chi connectivity index (χ4v) is 2.92. The van der Waals surface area contributed by atoms with E-state index in [1.54, 1.807) is 19.1 Å². The van der Waals surface area contributed by atoms with Gasteiger partial charge in [-0.25, -0.2) is 14.4 Å². The molecule has 2 N–H and O–H groups in total. The van der Waals surface area contributed by atoms with Crippen molar-refractivity contribution in [3.8, 4) is 11.4 Å². The van der Waals surface area contributed by atoms with Crippen LogP contribution in [0.25, 0.3) is 11.4 Å². The van der Waals surface area contributed by atoms with Gasteiger partial charge in [-0.2, -0.15) is 0 Å². The van der Waals surface area contributed by atoms with Gasteiger partial charge < -0.3 is 5.73 Å². The number of hydrogen-bond donors (Lipinski definition) is 1. The van der Waals surface area contributed by atoms with Crippen molar-refractivity contribution in [3.63, 3.8) is 0 Å². The Bertz CT molecular complexity index is 663. The van der Waals surface area contributed by atoms with E-state index < -0.39 is 0 Å². The van der Waals surface area contributed by atoms with Crippen LogP contribution >= 0.6 is 22.6 Å². The molecule has 0 spiro atoms. The fourth-order valence-electron chi connectivity index (χ4n) is 1.87. The summed E-state index contributed by atoms with van der Waals surface area (Å²) < 4.78 is 14.2. The molecule has 0 amide bonds. The van der Waals surface area contributed by atoms with E-state index >= 15 is 0 Å². The summed E-state index contributed by atoms with van der Waals surface area (Å²) in [7, 11) is 0. The zero-order valence-electron chi connectivity index (χ0n) is 12.0. The Kier molecular flexibility index (Phi) is 4.00. The van der Waals surface area contributed by atoms with Crippen molar-refractivity contribution in [1.82, 2.24) is 9.97 Å². The highest BCUT2D eigenvalue weighted by Gasteiger charge is 2.22. The van der Waals surface area contributed by atoms with Gasteiger partial charge in [0.05, 0.1) is 9.26 Å². The molecule has 0 atom stereocenters. The Labute approximate surface area is 132 Å². The predicted octanol–water partition coefficient (Wildman–Crippen LogP) is 4.08. The third kappa shape index (κ3) is 2.92. The third-order valence-electron chi connectivity index (χ3n) is 3.00. The largest absolute Gasteiger partial charge is 0.383 e. The zero-order chi connectivity index (χ0) is 15.1. The van der Waals surface area contributed by atoms with Crippen LogP contribution in [0, 0.1) is 16.3 Å². The van der Waals surface area contributed by atoms with Crippen LogP contribution in [0.15, 0.2) is 18.2 Å². The van der Waals surface area contributed by atoms with E-state index in [2.05, 4.69) is 53.3 Å². The summed E-state index contributed by atoms with van der Waals surface area (Å²) in [6, 6.07) is 4.85. The van der Waals surface area contributed by atoms with Crippen molar-refractivity contribution in [2.24, 2.45) is 0 Å². The van der Waals surface area contributed by atoms with Gasteiger partial charge in [0.2, 0.25) is 0 Å². The minimum Gasteiger partial charge on any atom is -0.383 e. The molecule has 20 heavy (non-hydrogen) atoms. The molecule has 0 fully saturated rings. The number of rotatable bonds is 1. The standard InChI is InChI=1S/C15H17FIN3/c1-8-7-9(5-6-10(8)16)14-19-12(15(2,3)4)11(17)13(18)20-14/h5-7H,1-4H3,(H2,18,19,20). The predicted molar refractivity (Wildman–Crippen MR) is 88.0 cm³/mol. The molecule has 0 aliphatic rings. The molecule has 0 saturated carbocycles. The molecule has 0 bridgehead atoms. The monoisotopic (exact) mass is 385 g/mol. The number of aromatic nitrogens is 2. The number of anilines is 1. The van der Waals surface area contributed by atoms with Gasteiger partial charge in [-0.1, -0.05) is 20.8 Å². The zero-order valence-corrected chi connectivity index (χ0v) is 14.1. The van der Waals surface area contributed by atoms with Gasteiger partial charge in [0, 0.05) is 11.0 Å². The Morgan fingerprint density at radius 2 is 1.85 bits per heavy atom. The molecule has 1 heterocycles. The molecule has 0 radical (unpaired) electrons. The molecular formula is C15H17FIN3. The summed E-state index contributed by atoms with van der Waals surface area (Å²) in [4.78, 5) is 8.95. The molecule has 2 aromatic rings. The fraction of sp³-hybridized carbons (Fsp3) is 0.333. The molecule has 106 valence electrons. The molecule has 0 aliphatic heterocycles. The second kappa shape index (κ2) is 5.27. The van der Waals surface area contributed by atoms with Crippen LogP contribution in [-0.4, -0.2) is 9.97 Å². The molecule has 2 rings (SSSR count). The minimum absolute atomic E-state index is 0.128. The molecule has 1 aromatic heterocycles. The topological polar surface area (TPSA) is 51.8 Å². The first kappa shape index (κ1) is 15.2. The van der Waals surface area contributed by atoms with Crippen LogP contribution < -0.4 is 5.73 Å². The lowest BCUT2D eigenvalue weighted by Gasteiger charge is -2.21. The Morgan fingerprint density at radius 1 is 1.20 bits per heavy atom. The second-order valence-electron chi connectivity index (χ2n) is 5.81. The van der Waals surface area contributed by atoms with Crippen molar-refractivity contribution >= 4 is 28.4 Å². The number of hydrogen-bond acceptors (Lipinski definition) is 3. The van der Waals surface area contributed by atoms with Gasteiger partial charge in [0.1, 0.15) is 11.6 Å². The lowest BCUT2D eigenvalue weighted by molar-refractivity contribution is 0.564. The summed E-state index contributed by atoms with van der Waals surface area (Å²) in [5, 5.41) is 0. The summed E-state index contributed by atoms with van der Waals surface area (Å²) in [5.41, 5.74) is 8.11. The minimum atomic E-state index is -0.233. The number of benzene rings is 1. The van der Waals surface area contributed by atoms with Crippen molar-refractivity contribution in [2.45, 2.75) is 33.1 Å². The van der Waals surface area contributed by atoms with E-state index in [9.17, 15) is 4.39 Å². The van der Waals surface area contributed by atoms with E-state index in [-0.39, 0.29) is 11.2 Å². The van der Waals surface area contributed by atoms with Crippen molar-refractivity contribution in [1.29, 1.82) is 0 Å². The molecule has 0 unspecified atom stereocenters. The van der Waals surface area contributed by atoms with Gasteiger partial charge in [0.15, 0.2) is 5.82 Å². The summed E-state index contributed by atoms with van der Waals surface area (Å²) >= 11 is 2.17. The Hall–Kier alpha value is -1.24. The van der Waals surface area contributed by atoms with Crippen LogP contribution in [0.1, 0.15) is 32.0 Å². The maximum absolute atomic E-state index is 13.4. The number of nitrogens with zero attached hydrogens (tertiary/aromatic N) is 2. The maximum Gasteiger partial charge on any atom is 0.161 e. The van der Waals surface area contributed by atoms with Crippen LogP contribution in [-0.2, 0) is 5.41 Å². The molecule has 3 nitrogen and oxygen atoms in total. The van der Waals surface area contributed by atoms with Gasteiger partial charge in [-0.15, -0.1) is 0 Å². The molecule has 5 heteroatoms. The van der Waals surface area contributed by atoms with E-state index in [1.807, 2.05) is 0 Å². The van der Waals surface area contributed by atoms with Crippen LogP contribution in [0.2, 0.25) is 0 Å². The third-order valence-corrected chi connectivity index (χ3v) is 4.07. The maximum atomic E-state index is 13.4. The quantitative estimate of drug-likeness (QED) is 0.753. The van der Waals surface area contributed by atoms with Gasteiger partial charge >= 0.3 is 0 Å². The SMILES string of the molecule is Cc1cc(-c2nc(N)c(I)c(C(C)(C)C)n2)ccc1F. The highest BCUT2D eigenvalue weighted by atomic mass is 127. The normalized spacial score (nSPS) is 11.7. The number of aryl methyl sites for hydroxylation is 1. The first-order chi connectivity index (χ1) is 9.20. The van der Waals surface area contributed by atoms with Gasteiger partial charge in [-0.3, -0.25) is 0 Å². The van der Waals surface area contributed by atoms with Crippen LogP contribution in [0.5, 0.6) is 0 Å². The summed E-state index contributed by atoms with van der Waals surface area (Å²) in [5.74, 6) is 0.765. The van der Waals surface area contributed by atoms with E-state index in [0.717, 1.165) is 14.8 Å². The second-order valence-corrected chi connectivity index (χ2v) is 6.89. The highest BCUT2D eigenvalue weighted by Crippen LogP contribution is 2.30. The highest BCUT2D eigenvalue weighted by molar-refractivity contribution is 14.1. The summed E-state index contributed by atoms with van der Waals surface area (Å²) in [6.07, 6.45) is 0. The Balaban J connectivity index is 2.63. The summed E-state index contributed by atoms with van der Waals surface area (Å²) in [6.45, 7) is 7.96. The lowest BCUT2D eigenvalue weighted by atomic mass is 9.91. The van der Waals surface area contributed by atoms with Gasteiger partial charge in [-0.05, 0) is 53.3 Å². The molecule has 0 aliphatic carbocycles. The number of nitrogens with two attached hydrogens (primary N) is 1. The molecular weight excluding hydrogens is 368 g/mol. The van der Waals surface area contributed by atoms with E-state index in [0.29, 0.717) is 17.2 Å². The van der Waals surface area contributed by atoms with E-state index in [1.165, 1.54) is 6.07 Å². The first-order valence-corrected chi connectivity index (χ1v) is 7.38. The van der Waals surface area contributed by atoms with Crippen molar-refractivity contribution in [3.05, 3.63) is 38.8 Å². The average molecular weight is 385 g/mol. The number of nitrogen functional groups attached to an aromatic ring is 1. The molecule has 1 aromatic carbocycles. The first-order valence-electron chi connectivity index (χ1n) is 6.30.